The van der Waals surface area contributed by atoms with Gasteiger partial charge in [-0.1, -0.05) is 12.1 Å². The third-order valence-electron chi connectivity index (χ3n) is 2.24. The van der Waals surface area contributed by atoms with E-state index in [0.717, 1.165) is 5.69 Å². The van der Waals surface area contributed by atoms with Gasteiger partial charge in [0.05, 0.1) is 18.3 Å². The molecule has 4 heteroatoms. The highest BCUT2D eigenvalue weighted by atomic mass is 16.2. The molecule has 0 spiro atoms. The van der Waals surface area contributed by atoms with Crippen LogP contribution in [0.4, 0.5) is 0 Å². The van der Waals surface area contributed by atoms with Crippen molar-refractivity contribution in [1.82, 2.24) is 9.88 Å². The maximum absolute atomic E-state index is 11.8. The first kappa shape index (κ1) is 12.4. The first-order chi connectivity index (χ1) is 7.65. The number of carbonyl (C=O) groups excluding carboxylic acids is 1. The van der Waals surface area contributed by atoms with E-state index in [-0.39, 0.29) is 5.91 Å². The molecule has 1 amide bonds. The molecular formula is C12H17N3O. The van der Waals surface area contributed by atoms with Crippen LogP contribution in [-0.2, 0) is 11.3 Å². The summed E-state index contributed by atoms with van der Waals surface area (Å²) in [7, 11) is 1.72. The Kier molecular flexibility index (Phi) is 4.66. The first-order valence-electron chi connectivity index (χ1n) is 5.16. The summed E-state index contributed by atoms with van der Waals surface area (Å²) in [4.78, 5) is 17.5. The molecule has 4 nitrogen and oxygen atoms in total. The second-order valence-electron chi connectivity index (χ2n) is 3.65. The highest BCUT2D eigenvalue weighted by molar-refractivity contribution is 5.81. The Morgan fingerprint density at radius 3 is 3.00 bits per heavy atom. The molecule has 1 unspecified atom stereocenters. The quantitative estimate of drug-likeness (QED) is 0.750. The van der Waals surface area contributed by atoms with Crippen LogP contribution in [0.1, 0.15) is 12.1 Å². The van der Waals surface area contributed by atoms with E-state index in [1.165, 1.54) is 0 Å². The van der Waals surface area contributed by atoms with E-state index in [9.17, 15) is 4.79 Å². The minimum absolute atomic E-state index is 0.0921. The zero-order chi connectivity index (χ0) is 12.0. The van der Waals surface area contributed by atoms with Crippen molar-refractivity contribution >= 4 is 5.91 Å². The summed E-state index contributed by atoms with van der Waals surface area (Å²) in [6.45, 7) is 4.04. The van der Waals surface area contributed by atoms with Crippen LogP contribution < -0.4 is 5.73 Å². The van der Waals surface area contributed by atoms with Crippen LogP contribution in [0.5, 0.6) is 0 Å². The maximum atomic E-state index is 11.8. The van der Waals surface area contributed by atoms with Gasteiger partial charge in [-0.3, -0.25) is 9.78 Å². The Labute approximate surface area is 95.8 Å². The lowest BCUT2D eigenvalue weighted by Gasteiger charge is -2.20. The summed E-state index contributed by atoms with van der Waals surface area (Å²) in [5, 5.41) is 0. The highest BCUT2D eigenvalue weighted by Gasteiger charge is 2.16. The Bertz CT molecular complexity index is 351. The fourth-order valence-electron chi connectivity index (χ4n) is 1.38. The molecular weight excluding hydrogens is 202 g/mol. The molecule has 1 aromatic rings. The van der Waals surface area contributed by atoms with Gasteiger partial charge in [0, 0.05) is 13.2 Å². The zero-order valence-corrected chi connectivity index (χ0v) is 9.47. The van der Waals surface area contributed by atoms with Crippen LogP contribution >= 0.6 is 0 Å². The Morgan fingerprint density at radius 1 is 1.69 bits per heavy atom. The fourth-order valence-corrected chi connectivity index (χ4v) is 1.38. The van der Waals surface area contributed by atoms with Gasteiger partial charge < -0.3 is 10.6 Å². The fraction of sp³-hybridized carbons (Fsp3) is 0.333. The van der Waals surface area contributed by atoms with Gasteiger partial charge in [0.2, 0.25) is 5.91 Å². The minimum Gasteiger partial charge on any atom is -0.338 e. The first-order valence-corrected chi connectivity index (χ1v) is 5.16. The number of nitrogens with two attached hydrogens (primary N) is 1. The molecule has 0 fully saturated rings. The summed E-state index contributed by atoms with van der Waals surface area (Å²) in [5.41, 5.74) is 6.55. The number of aromatic nitrogens is 1. The molecule has 0 radical (unpaired) electrons. The molecule has 0 bridgehead atoms. The van der Waals surface area contributed by atoms with E-state index in [1.807, 2.05) is 18.2 Å². The molecule has 0 aliphatic rings. The van der Waals surface area contributed by atoms with Gasteiger partial charge in [0.25, 0.3) is 0 Å². The van der Waals surface area contributed by atoms with Crippen molar-refractivity contribution in [2.45, 2.75) is 19.0 Å². The summed E-state index contributed by atoms with van der Waals surface area (Å²) in [6, 6.07) is 5.10. The van der Waals surface area contributed by atoms with Gasteiger partial charge in [-0.05, 0) is 18.6 Å². The van der Waals surface area contributed by atoms with Gasteiger partial charge in [-0.25, -0.2) is 0 Å². The van der Waals surface area contributed by atoms with Crippen LogP contribution in [-0.4, -0.2) is 28.9 Å². The lowest BCUT2D eigenvalue weighted by molar-refractivity contribution is -0.131. The number of amides is 1. The average molecular weight is 219 g/mol. The van der Waals surface area contributed by atoms with Crippen molar-refractivity contribution in [3.05, 3.63) is 42.7 Å². The Balaban J connectivity index is 2.55. The van der Waals surface area contributed by atoms with Crippen molar-refractivity contribution < 1.29 is 4.79 Å². The zero-order valence-electron chi connectivity index (χ0n) is 9.47. The summed E-state index contributed by atoms with van der Waals surface area (Å²) in [6.07, 6.45) is 3.85. The van der Waals surface area contributed by atoms with E-state index in [0.29, 0.717) is 13.0 Å². The van der Waals surface area contributed by atoms with Gasteiger partial charge >= 0.3 is 0 Å². The molecule has 1 rings (SSSR count). The predicted octanol–water partition coefficient (Wildman–Crippen LogP) is 0.943. The van der Waals surface area contributed by atoms with E-state index < -0.39 is 6.04 Å². The van der Waals surface area contributed by atoms with Crippen molar-refractivity contribution in [3.8, 4) is 0 Å². The molecule has 1 aromatic heterocycles. The Hall–Kier alpha value is -1.68. The second kappa shape index (κ2) is 6.02. The van der Waals surface area contributed by atoms with Crippen molar-refractivity contribution in [2.24, 2.45) is 5.73 Å². The van der Waals surface area contributed by atoms with Crippen LogP contribution in [0.3, 0.4) is 0 Å². The summed E-state index contributed by atoms with van der Waals surface area (Å²) < 4.78 is 0. The standard InChI is InChI=1S/C12H17N3O/c1-3-6-11(13)12(16)15(2)9-10-7-4-5-8-14-10/h3-5,7-8,11H,1,6,9,13H2,2H3. The third-order valence-corrected chi connectivity index (χ3v) is 2.24. The summed E-state index contributed by atoms with van der Waals surface area (Å²) >= 11 is 0. The third kappa shape index (κ3) is 3.47. The van der Waals surface area contributed by atoms with Crippen LogP contribution in [0.25, 0.3) is 0 Å². The molecule has 2 N–H and O–H groups in total. The van der Waals surface area contributed by atoms with Crippen LogP contribution in [0, 0.1) is 0 Å². The molecule has 0 aliphatic carbocycles. The van der Waals surface area contributed by atoms with Crippen LogP contribution in [0.15, 0.2) is 37.1 Å². The lowest BCUT2D eigenvalue weighted by atomic mass is 10.2. The number of rotatable bonds is 5. The van der Waals surface area contributed by atoms with E-state index in [1.54, 1.807) is 24.2 Å². The van der Waals surface area contributed by atoms with Crippen molar-refractivity contribution in [3.63, 3.8) is 0 Å². The molecule has 0 saturated heterocycles. The number of pyridine rings is 1. The largest absolute Gasteiger partial charge is 0.338 e. The van der Waals surface area contributed by atoms with Gasteiger partial charge in [0.1, 0.15) is 0 Å². The normalized spacial score (nSPS) is 11.9. The summed E-state index contributed by atoms with van der Waals surface area (Å²) in [5.74, 6) is -0.0921. The molecule has 0 aliphatic heterocycles. The number of nitrogens with zero attached hydrogens (tertiary/aromatic N) is 2. The molecule has 0 aromatic carbocycles. The maximum Gasteiger partial charge on any atom is 0.239 e. The van der Waals surface area contributed by atoms with Crippen molar-refractivity contribution in [2.75, 3.05) is 7.05 Å². The lowest BCUT2D eigenvalue weighted by Crippen LogP contribution is -2.41. The minimum atomic E-state index is -0.508. The number of carbonyl (C=O) groups is 1. The number of hydrogen-bond donors (Lipinski definition) is 1. The van der Waals surface area contributed by atoms with Gasteiger partial charge in [0.15, 0.2) is 0 Å². The van der Waals surface area contributed by atoms with E-state index in [4.69, 9.17) is 5.73 Å². The number of hydrogen-bond acceptors (Lipinski definition) is 3. The molecule has 1 heterocycles. The SMILES string of the molecule is C=CCC(N)C(=O)N(C)Cc1ccccn1. The van der Waals surface area contributed by atoms with E-state index >= 15 is 0 Å². The van der Waals surface area contributed by atoms with Gasteiger partial charge in [-0.15, -0.1) is 6.58 Å². The van der Waals surface area contributed by atoms with Crippen molar-refractivity contribution in [1.29, 1.82) is 0 Å². The molecule has 16 heavy (non-hydrogen) atoms. The van der Waals surface area contributed by atoms with Gasteiger partial charge in [-0.2, -0.15) is 0 Å². The second-order valence-corrected chi connectivity index (χ2v) is 3.65. The Morgan fingerprint density at radius 2 is 2.44 bits per heavy atom. The molecule has 1 atom stereocenters. The highest BCUT2D eigenvalue weighted by Crippen LogP contribution is 2.02. The molecule has 86 valence electrons. The monoisotopic (exact) mass is 219 g/mol. The number of likely N-dealkylation sites (N-methyl/N-ethyl adjacent to an activating group) is 1. The van der Waals surface area contributed by atoms with Crippen LogP contribution in [0.2, 0.25) is 0 Å². The molecule has 0 saturated carbocycles. The smallest absolute Gasteiger partial charge is 0.239 e. The topological polar surface area (TPSA) is 59.2 Å². The average Bonchev–Trinajstić information content (AvgIpc) is 2.29. The predicted molar refractivity (Wildman–Crippen MR) is 63.5 cm³/mol. The van der Waals surface area contributed by atoms with E-state index in [2.05, 4.69) is 11.6 Å².